The third-order valence-corrected chi connectivity index (χ3v) is 3.14. The van der Waals surface area contributed by atoms with E-state index in [0.717, 1.165) is 5.69 Å². The molecular formula is C14H12N2O4. The molecule has 0 bridgehead atoms. The Hall–Kier alpha value is -2.63. The molecule has 0 N–H and O–H groups in total. The maximum absolute atomic E-state index is 11.9. The van der Waals surface area contributed by atoms with E-state index in [1.165, 1.54) is 7.11 Å². The summed E-state index contributed by atoms with van der Waals surface area (Å²) >= 11 is 0. The lowest BCUT2D eigenvalue weighted by atomic mass is 10.1. The van der Waals surface area contributed by atoms with E-state index < -0.39 is 11.9 Å². The molecule has 1 aliphatic heterocycles. The largest absolute Gasteiger partial charge is 0.464 e. The van der Waals surface area contributed by atoms with Gasteiger partial charge in [0, 0.05) is 6.42 Å². The fourth-order valence-electron chi connectivity index (χ4n) is 2.23. The SMILES string of the molecule is COC(=O)c1nn(-c2ccccc2)c2c1C(=O)OCC2. The molecule has 0 aliphatic carbocycles. The van der Waals surface area contributed by atoms with Gasteiger partial charge >= 0.3 is 11.9 Å². The first kappa shape index (κ1) is 12.4. The second-order valence-corrected chi connectivity index (χ2v) is 4.30. The highest BCUT2D eigenvalue weighted by atomic mass is 16.5. The van der Waals surface area contributed by atoms with Crippen molar-refractivity contribution >= 4 is 11.9 Å². The highest BCUT2D eigenvalue weighted by molar-refractivity contribution is 6.03. The number of para-hydroxylation sites is 1. The van der Waals surface area contributed by atoms with Gasteiger partial charge in [0.2, 0.25) is 0 Å². The third-order valence-electron chi connectivity index (χ3n) is 3.14. The standard InChI is InChI=1S/C14H12N2O4/c1-19-14(18)12-11-10(7-8-20-13(11)17)16(15-12)9-5-3-2-4-6-9/h2-6H,7-8H2,1H3. The molecule has 1 aromatic carbocycles. The summed E-state index contributed by atoms with van der Waals surface area (Å²) in [5.41, 5.74) is 1.66. The van der Waals surface area contributed by atoms with Crippen LogP contribution in [-0.4, -0.2) is 35.4 Å². The van der Waals surface area contributed by atoms with E-state index in [9.17, 15) is 9.59 Å². The van der Waals surface area contributed by atoms with E-state index in [0.29, 0.717) is 12.1 Å². The number of cyclic esters (lactones) is 1. The first-order valence-corrected chi connectivity index (χ1v) is 6.15. The third kappa shape index (κ3) is 1.85. The maximum atomic E-state index is 11.9. The molecular weight excluding hydrogens is 260 g/mol. The number of nitrogens with zero attached hydrogens (tertiary/aromatic N) is 2. The first-order valence-electron chi connectivity index (χ1n) is 6.15. The van der Waals surface area contributed by atoms with Crippen molar-refractivity contribution in [3.63, 3.8) is 0 Å². The van der Waals surface area contributed by atoms with Gasteiger partial charge in [0.25, 0.3) is 0 Å². The van der Waals surface area contributed by atoms with Crippen LogP contribution < -0.4 is 0 Å². The zero-order valence-electron chi connectivity index (χ0n) is 10.8. The number of rotatable bonds is 2. The van der Waals surface area contributed by atoms with Crippen LogP contribution in [0.25, 0.3) is 5.69 Å². The monoisotopic (exact) mass is 272 g/mol. The fraction of sp³-hybridized carbons (Fsp3) is 0.214. The Kier molecular flexibility index (Phi) is 2.98. The molecule has 1 aromatic heterocycles. The van der Waals surface area contributed by atoms with Gasteiger partial charge in [-0.1, -0.05) is 18.2 Å². The van der Waals surface area contributed by atoms with E-state index in [4.69, 9.17) is 4.74 Å². The summed E-state index contributed by atoms with van der Waals surface area (Å²) < 4.78 is 11.3. The lowest BCUT2D eigenvalue weighted by Gasteiger charge is -2.14. The molecule has 0 spiro atoms. The molecule has 102 valence electrons. The summed E-state index contributed by atoms with van der Waals surface area (Å²) in [5, 5.41) is 4.22. The Balaban J connectivity index is 2.22. The van der Waals surface area contributed by atoms with Crippen molar-refractivity contribution in [1.82, 2.24) is 9.78 Å². The normalized spacial score (nSPS) is 13.6. The molecule has 3 rings (SSSR count). The number of carbonyl (C=O) groups excluding carboxylic acids is 2. The second kappa shape index (κ2) is 4.80. The lowest BCUT2D eigenvalue weighted by Crippen LogP contribution is -2.20. The van der Waals surface area contributed by atoms with E-state index >= 15 is 0 Å². The Labute approximate surface area is 114 Å². The highest BCUT2D eigenvalue weighted by Crippen LogP contribution is 2.24. The van der Waals surface area contributed by atoms with E-state index in [2.05, 4.69) is 9.84 Å². The fourth-order valence-corrected chi connectivity index (χ4v) is 2.23. The van der Waals surface area contributed by atoms with Crippen molar-refractivity contribution in [2.75, 3.05) is 13.7 Å². The number of aromatic nitrogens is 2. The van der Waals surface area contributed by atoms with Crippen LogP contribution in [0.5, 0.6) is 0 Å². The lowest BCUT2D eigenvalue weighted by molar-refractivity contribution is 0.0461. The number of esters is 2. The number of benzene rings is 1. The van der Waals surface area contributed by atoms with Gasteiger partial charge in [-0.15, -0.1) is 0 Å². The van der Waals surface area contributed by atoms with Crippen molar-refractivity contribution in [3.05, 3.63) is 47.3 Å². The first-order chi connectivity index (χ1) is 9.72. The van der Waals surface area contributed by atoms with Crippen LogP contribution in [0.3, 0.4) is 0 Å². The number of carbonyl (C=O) groups is 2. The van der Waals surface area contributed by atoms with Gasteiger partial charge in [-0.2, -0.15) is 5.10 Å². The van der Waals surface area contributed by atoms with Crippen LogP contribution in [0.1, 0.15) is 26.5 Å². The second-order valence-electron chi connectivity index (χ2n) is 4.30. The van der Waals surface area contributed by atoms with Crippen LogP contribution in [-0.2, 0) is 15.9 Å². The smallest absolute Gasteiger partial charge is 0.359 e. The van der Waals surface area contributed by atoms with Gasteiger partial charge < -0.3 is 9.47 Å². The topological polar surface area (TPSA) is 70.4 Å². The number of fused-ring (bicyclic) bond motifs is 1. The van der Waals surface area contributed by atoms with Gasteiger partial charge in [0.15, 0.2) is 5.69 Å². The number of hydrogen-bond donors (Lipinski definition) is 0. The molecule has 2 aromatic rings. The van der Waals surface area contributed by atoms with Crippen LogP contribution in [0.2, 0.25) is 0 Å². The summed E-state index contributed by atoms with van der Waals surface area (Å²) in [4.78, 5) is 23.7. The molecule has 20 heavy (non-hydrogen) atoms. The van der Waals surface area contributed by atoms with Crippen LogP contribution in [0.15, 0.2) is 30.3 Å². The average molecular weight is 272 g/mol. The van der Waals surface area contributed by atoms with Gasteiger partial charge in [0.05, 0.1) is 25.1 Å². The Bertz CT molecular complexity index is 676. The van der Waals surface area contributed by atoms with Crippen molar-refractivity contribution in [3.8, 4) is 5.69 Å². The van der Waals surface area contributed by atoms with E-state index in [1.807, 2.05) is 30.3 Å². The molecule has 0 saturated carbocycles. The summed E-state index contributed by atoms with van der Waals surface area (Å²) in [6.45, 7) is 0.283. The Morgan fingerprint density at radius 1 is 1.35 bits per heavy atom. The summed E-state index contributed by atoms with van der Waals surface area (Å²) in [5.74, 6) is -1.18. The number of ether oxygens (including phenoxy) is 2. The van der Waals surface area contributed by atoms with Gasteiger partial charge in [-0.3, -0.25) is 0 Å². The predicted octanol–water partition coefficient (Wildman–Crippen LogP) is 1.37. The van der Waals surface area contributed by atoms with Gasteiger partial charge in [-0.25, -0.2) is 14.3 Å². The summed E-state index contributed by atoms with van der Waals surface area (Å²) in [7, 11) is 1.25. The van der Waals surface area contributed by atoms with Crippen molar-refractivity contribution in [2.45, 2.75) is 6.42 Å². The molecule has 0 unspecified atom stereocenters. The average Bonchev–Trinajstić information content (AvgIpc) is 2.88. The quantitative estimate of drug-likeness (QED) is 0.772. The van der Waals surface area contributed by atoms with Crippen molar-refractivity contribution in [2.24, 2.45) is 0 Å². The summed E-state index contributed by atoms with van der Waals surface area (Å²) in [6, 6.07) is 9.32. The van der Waals surface area contributed by atoms with Crippen molar-refractivity contribution < 1.29 is 19.1 Å². The molecule has 0 atom stereocenters. The Morgan fingerprint density at radius 2 is 2.10 bits per heavy atom. The molecule has 1 aliphatic rings. The van der Waals surface area contributed by atoms with Crippen LogP contribution in [0.4, 0.5) is 0 Å². The van der Waals surface area contributed by atoms with Crippen LogP contribution >= 0.6 is 0 Å². The minimum absolute atomic E-state index is 0.00365. The maximum Gasteiger partial charge on any atom is 0.359 e. The number of hydrogen-bond acceptors (Lipinski definition) is 5. The molecule has 6 heteroatoms. The molecule has 6 nitrogen and oxygen atoms in total. The van der Waals surface area contributed by atoms with E-state index in [1.54, 1.807) is 4.68 Å². The zero-order chi connectivity index (χ0) is 14.1. The summed E-state index contributed by atoms with van der Waals surface area (Å²) in [6.07, 6.45) is 0.514. The van der Waals surface area contributed by atoms with E-state index in [-0.39, 0.29) is 17.9 Å². The van der Waals surface area contributed by atoms with Gasteiger partial charge in [0.1, 0.15) is 5.56 Å². The van der Waals surface area contributed by atoms with Crippen LogP contribution in [0, 0.1) is 0 Å². The minimum atomic E-state index is -0.644. The predicted molar refractivity (Wildman–Crippen MR) is 68.9 cm³/mol. The minimum Gasteiger partial charge on any atom is -0.464 e. The molecule has 0 radical (unpaired) electrons. The molecule has 0 saturated heterocycles. The molecule has 0 amide bonds. The Morgan fingerprint density at radius 3 is 2.80 bits per heavy atom. The van der Waals surface area contributed by atoms with Gasteiger partial charge in [-0.05, 0) is 12.1 Å². The molecule has 0 fully saturated rings. The molecule has 2 heterocycles. The zero-order valence-corrected chi connectivity index (χ0v) is 10.8. The number of methoxy groups -OCH3 is 1. The van der Waals surface area contributed by atoms with Crippen molar-refractivity contribution in [1.29, 1.82) is 0 Å². The highest BCUT2D eigenvalue weighted by Gasteiger charge is 2.32.